The minimum atomic E-state index is 0.703. The maximum Gasteiger partial charge on any atom is 0.223 e. The molecular weight excluding hydrogens is 290 g/mol. The molecule has 0 spiro atoms. The molecule has 0 saturated heterocycles. The third kappa shape index (κ3) is 3.29. The molecule has 2 aromatic rings. The zero-order chi connectivity index (χ0) is 13.0. The summed E-state index contributed by atoms with van der Waals surface area (Å²) in [6.07, 6.45) is 1.06. The van der Waals surface area contributed by atoms with Crippen molar-refractivity contribution in [3.8, 4) is 11.3 Å². The highest BCUT2D eigenvalue weighted by Crippen LogP contribution is 2.21. The molecule has 1 N–H and O–H groups in total. The van der Waals surface area contributed by atoms with Gasteiger partial charge < -0.3 is 5.32 Å². The van der Waals surface area contributed by atoms with Crippen molar-refractivity contribution in [2.75, 3.05) is 11.9 Å². The Kier molecular flexibility index (Phi) is 4.31. The van der Waals surface area contributed by atoms with Gasteiger partial charge >= 0.3 is 0 Å². The zero-order valence-corrected chi connectivity index (χ0v) is 12.2. The molecule has 0 aliphatic carbocycles. The van der Waals surface area contributed by atoms with Crippen molar-refractivity contribution < 1.29 is 0 Å². The summed E-state index contributed by atoms with van der Waals surface area (Å²) >= 11 is 3.44. The molecule has 94 valence electrons. The fourth-order valence-corrected chi connectivity index (χ4v) is 1.92. The first-order valence-electron chi connectivity index (χ1n) is 6.04. The molecule has 0 radical (unpaired) electrons. The predicted molar refractivity (Wildman–Crippen MR) is 78.7 cm³/mol. The van der Waals surface area contributed by atoms with E-state index in [0.29, 0.717) is 5.95 Å². The molecule has 0 aliphatic rings. The number of nitrogens with one attached hydrogen (secondary N) is 1. The van der Waals surface area contributed by atoms with Gasteiger partial charge in [-0.15, -0.1) is 0 Å². The molecule has 2 rings (SSSR count). The van der Waals surface area contributed by atoms with E-state index < -0.39 is 0 Å². The van der Waals surface area contributed by atoms with Crippen molar-refractivity contribution in [1.82, 2.24) is 9.97 Å². The molecule has 0 atom stereocenters. The normalized spacial score (nSPS) is 10.4. The van der Waals surface area contributed by atoms with Crippen LogP contribution in [0.2, 0.25) is 0 Å². The Labute approximate surface area is 116 Å². The average molecular weight is 306 g/mol. The van der Waals surface area contributed by atoms with E-state index in [-0.39, 0.29) is 0 Å². The lowest BCUT2D eigenvalue weighted by atomic mass is 10.1. The number of aromatic nitrogens is 2. The first-order chi connectivity index (χ1) is 8.69. The van der Waals surface area contributed by atoms with Gasteiger partial charge in [-0.2, -0.15) is 0 Å². The number of halogens is 1. The zero-order valence-electron chi connectivity index (χ0n) is 10.6. The second-order valence-corrected chi connectivity index (χ2v) is 5.07. The predicted octanol–water partition coefficient (Wildman–Crippen LogP) is 4.04. The highest BCUT2D eigenvalue weighted by Gasteiger charge is 2.04. The van der Waals surface area contributed by atoms with Crippen LogP contribution in [0.15, 0.2) is 34.8 Å². The van der Waals surface area contributed by atoms with E-state index in [0.717, 1.165) is 34.4 Å². The Bertz CT molecular complexity index is 523. The SMILES string of the molecule is CCCNc1nc(C)cc(-c2ccc(Br)cc2)n1. The number of hydrogen-bond donors (Lipinski definition) is 1. The fourth-order valence-electron chi connectivity index (χ4n) is 1.65. The van der Waals surface area contributed by atoms with Gasteiger partial charge in [-0.3, -0.25) is 0 Å². The van der Waals surface area contributed by atoms with Crippen LogP contribution in [0.3, 0.4) is 0 Å². The summed E-state index contributed by atoms with van der Waals surface area (Å²) in [6.45, 7) is 5.00. The molecule has 0 aliphatic heterocycles. The molecule has 1 aromatic carbocycles. The van der Waals surface area contributed by atoms with Crippen LogP contribution in [0.4, 0.5) is 5.95 Å². The second kappa shape index (κ2) is 5.96. The number of nitrogens with zero attached hydrogens (tertiary/aromatic N) is 2. The summed E-state index contributed by atoms with van der Waals surface area (Å²) < 4.78 is 1.07. The van der Waals surface area contributed by atoms with Crippen LogP contribution >= 0.6 is 15.9 Å². The van der Waals surface area contributed by atoms with Crippen molar-refractivity contribution in [3.05, 3.63) is 40.5 Å². The van der Waals surface area contributed by atoms with E-state index in [2.05, 4.69) is 50.3 Å². The summed E-state index contributed by atoms with van der Waals surface area (Å²) in [7, 11) is 0. The summed E-state index contributed by atoms with van der Waals surface area (Å²) in [5.74, 6) is 0.703. The lowest BCUT2D eigenvalue weighted by Crippen LogP contribution is -2.05. The number of aryl methyl sites for hydroxylation is 1. The van der Waals surface area contributed by atoms with Crippen molar-refractivity contribution in [2.24, 2.45) is 0 Å². The van der Waals surface area contributed by atoms with Gasteiger partial charge in [0, 0.05) is 22.3 Å². The van der Waals surface area contributed by atoms with Crippen molar-refractivity contribution in [1.29, 1.82) is 0 Å². The van der Waals surface area contributed by atoms with Crippen molar-refractivity contribution in [2.45, 2.75) is 20.3 Å². The van der Waals surface area contributed by atoms with Gasteiger partial charge in [0.25, 0.3) is 0 Å². The Morgan fingerprint density at radius 3 is 2.56 bits per heavy atom. The molecule has 0 fully saturated rings. The van der Waals surface area contributed by atoms with Crippen LogP contribution in [-0.4, -0.2) is 16.5 Å². The summed E-state index contributed by atoms with van der Waals surface area (Å²) in [4.78, 5) is 8.92. The van der Waals surface area contributed by atoms with E-state index in [1.54, 1.807) is 0 Å². The van der Waals surface area contributed by atoms with Crippen LogP contribution in [0.1, 0.15) is 19.0 Å². The fraction of sp³-hybridized carbons (Fsp3) is 0.286. The average Bonchev–Trinajstić information content (AvgIpc) is 2.36. The molecule has 0 unspecified atom stereocenters. The van der Waals surface area contributed by atoms with Gasteiger partial charge in [-0.05, 0) is 31.5 Å². The van der Waals surface area contributed by atoms with Gasteiger partial charge in [-0.25, -0.2) is 9.97 Å². The maximum atomic E-state index is 4.53. The molecule has 0 bridgehead atoms. The van der Waals surface area contributed by atoms with Crippen molar-refractivity contribution >= 4 is 21.9 Å². The lowest BCUT2D eigenvalue weighted by Gasteiger charge is -2.07. The van der Waals surface area contributed by atoms with Gasteiger partial charge in [0.2, 0.25) is 5.95 Å². The summed E-state index contributed by atoms with van der Waals surface area (Å²) in [5, 5.41) is 3.23. The Balaban J connectivity index is 2.32. The molecule has 4 heteroatoms. The quantitative estimate of drug-likeness (QED) is 0.926. The van der Waals surface area contributed by atoms with Gasteiger partial charge in [-0.1, -0.05) is 35.0 Å². The van der Waals surface area contributed by atoms with Gasteiger partial charge in [0.1, 0.15) is 0 Å². The largest absolute Gasteiger partial charge is 0.354 e. The first kappa shape index (κ1) is 13.0. The number of benzene rings is 1. The molecule has 0 saturated carbocycles. The van der Waals surface area contributed by atoms with Crippen LogP contribution < -0.4 is 5.32 Å². The first-order valence-corrected chi connectivity index (χ1v) is 6.84. The number of rotatable bonds is 4. The molecule has 3 nitrogen and oxygen atoms in total. The van der Waals surface area contributed by atoms with E-state index >= 15 is 0 Å². The molecule has 1 heterocycles. The summed E-state index contributed by atoms with van der Waals surface area (Å²) in [6, 6.07) is 10.1. The van der Waals surface area contributed by atoms with Gasteiger partial charge in [0.05, 0.1) is 5.69 Å². The Hall–Kier alpha value is -1.42. The Morgan fingerprint density at radius 2 is 1.89 bits per heavy atom. The summed E-state index contributed by atoms with van der Waals surface area (Å²) in [5.41, 5.74) is 3.03. The highest BCUT2D eigenvalue weighted by molar-refractivity contribution is 9.10. The van der Waals surface area contributed by atoms with E-state index in [1.165, 1.54) is 0 Å². The Morgan fingerprint density at radius 1 is 1.17 bits per heavy atom. The standard InChI is InChI=1S/C14H16BrN3/c1-3-8-16-14-17-10(2)9-13(18-14)11-4-6-12(15)7-5-11/h4-7,9H,3,8H2,1-2H3,(H,16,17,18). The van der Waals surface area contributed by atoms with Gasteiger partial charge in [0.15, 0.2) is 0 Å². The molecule has 0 amide bonds. The third-order valence-corrected chi connectivity index (χ3v) is 3.06. The number of hydrogen-bond acceptors (Lipinski definition) is 3. The molecule has 1 aromatic heterocycles. The van der Waals surface area contributed by atoms with Crippen LogP contribution in [-0.2, 0) is 0 Å². The van der Waals surface area contributed by atoms with E-state index in [1.807, 2.05) is 25.1 Å². The lowest BCUT2D eigenvalue weighted by molar-refractivity contribution is 0.947. The van der Waals surface area contributed by atoms with Crippen molar-refractivity contribution in [3.63, 3.8) is 0 Å². The third-order valence-electron chi connectivity index (χ3n) is 2.53. The molecule has 18 heavy (non-hydrogen) atoms. The second-order valence-electron chi connectivity index (χ2n) is 4.15. The maximum absolute atomic E-state index is 4.53. The minimum Gasteiger partial charge on any atom is -0.354 e. The minimum absolute atomic E-state index is 0.703. The topological polar surface area (TPSA) is 37.8 Å². The smallest absolute Gasteiger partial charge is 0.223 e. The van der Waals surface area contributed by atoms with E-state index in [9.17, 15) is 0 Å². The monoisotopic (exact) mass is 305 g/mol. The van der Waals surface area contributed by atoms with Crippen LogP contribution in [0, 0.1) is 6.92 Å². The number of anilines is 1. The van der Waals surface area contributed by atoms with E-state index in [4.69, 9.17) is 0 Å². The highest BCUT2D eigenvalue weighted by atomic mass is 79.9. The molecular formula is C14H16BrN3. The van der Waals surface area contributed by atoms with Crippen LogP contribution in [0.25, 0.3) is 11.3 Å². The van der Waals surface area contributed by atoms with Crippen LogP contribution in [0.5, 0.6) is 0 Å².